The van der Waals surface area contributed by atoms with Crippen LogP contribution >= 0.6 is 0 Å². The fourth-order valence-corrected chi connectivity index (χ4v) is 6.85. The van der Waals surface area contributed by atoms with Gasteiger partial charge in [0.2, 0.25) is 5.69 Å². The molecule has 0 fully saturated rings. The molecular weight excluding hydrogens is 758 g/mol. The molecule has 20 heteroatoms. The van der Waals surface area contributed by atoms with Gasteiger partial charge in [-0.15, -0.1) is 0 Å². The Hall–Kier alpha value is -8.42. The molecule has 0 radical (unpaired) electrons. The summed E-state index contributed by atoms with van der Waals surface area (Å²) in [6.07, 6.45) is 0. The summed E-state index contributed by atoms with van der Waals surface area (Å²) in [5, 5.41) is 62.5. The van der Waals surface area contributed by atoms with Crippen LogP contribution in [0.15, 0.2) is 103 Å². The zero-order chi connectivity index (χ0) is 41.8. The number of ketones is 1. The topological polar surface area (TPSA) is 268 Å². The number of carbonyl (C=O) groups is 1. The minimum Gasteiger partial charge on any atom is -0.288 e. The first-order chi connectivity index (χ1) is 27.5. The van der Waals surface area contributed by atoms with E-state index in [-0.39, 0.29) is 22.7 Å². The van der Waals surface area contributed by atoms with E-state index in [0.29, 0.717) is 51.4 Å². The third kappa shape index (κ3) is 6.44. The minimum atomic E-state index is -0.912. The fraction of sp³-hybridized carbons (Fsp3) is 0.105. The number of para-hydroxylation sites is 2. The highest BCUT2D eigenvalue weighted by Crippen LogP contribution is 2.44. The van der Waals surface area contributed by atoms with Gasteiger partial charge in [0.05, 0.1) is 64.7 Å². The largest absolute Gasteiger partial charge is 0.308 e. The lowest BCUT2D eigenvalue weighted by molar-refractivity contribution is -0.401. The second-order valence-corrected chi connectivity index (χ2v) is 13.9. The van der Waals surface area contributed by atoms with Crippen molar-refractivity contribution >= 4 is 61.7 Å². The van der Waals surface area contributed by atoms with Gasteiger partial charge in [-0.25, -0.2) is 4.68 Å². The molecule has 0 spiro atoms. The zero-order valence-corrected chi connectivity index (χ0v) is 30.4. The molecule has 5 aromatic carbocycles. The first kappa shape index (κ1) is 37.9. The lowest BCUT2D eigenvalue weighted by Gasteiger charge is -2.22. The van der Waals surface area contributed by atoms with Gasteiger partial charge in [-0.3, -0.25) is 65.5 Å². The number of rotatable bonds is 8. The summed E-state index contributed by atoms with van der Waals surface area (Å²) in [4.78, 5) is 65.6. The summed E-state index contributed by atoms with van der Waals surface area (Å²) in [5.74, 6) is -0.309. The first-order valence-corrected chi connectivity index (χ1v) is 17.1. The van der Waals surface area contributed by atoms with Crippen molar-refractivity contribution < 1.29 is 29.4 Å². The van der Waals surface area contributed by atoms with Crippen LogP contribution in [0.5, 0.6) is 0 Å². The maximum atomic E-state index is 13.2. The van der Waals surface area contributed by atoms with Crippen molar-refractivity contribution in [1.82, 2.24) is 14.5 Å². The monoisotopic (exact) mass is 785 g/mol. The number of nitro groups is 5. The molecule has 1 aliphatic carbocycles. The molecule has 0 unspecified atom stereocenters. The highest BCUT2D eigenvalue weighted by atomic mass is 16.6. The van der Waals surface area contributed by atoms with E-state index in [1.807, 2.05) is 45.0 Å². The second-order valence-electron chi connectivity index (χ2n) is 13.9. The molecule has 0 atom stereocenters. The van der Waals surface area contributed by atoms with E-state index in [9.17, 15) is 55.4 Å². The molecule has 7 aromatic rings. The molecule has 1 aliphatic rings. The third-order valence-electron chi connectivity index (χ3n) is 9.33. The van der Waals surface area contributed by atoms with Gasteiger partial charge in [0, 0.05) is 51.6 Å². The minimum absolute atomic E-state index is 0.0421. The summed E-state index contributed by atoms with van der Waals surface area (Å²) < 4.78 is 3.11. The van der Waals surface area contributed by atoms with Crippen molar-refractivity contribution in [1.29, 1.82) is 0 Å². The highest BCUT2D eigenvalue weighted by molar-refractivity contribution is 6.22. The number of anilines is 1. The van der Waals surface area contributed by atoms with Crippen LogP contribution in [0.25, 0.3) is 38.8 Å². The first-order valence-electron chi connectivity index (χ1n) is 17.1. The zero-order valence-electron chi connectivity index (χ0n) is 30.4. The number of non-ortho nitro benzene ring substituents is 3. The van der Waals surface area contributed by atoms with Gasteiger partial charge in [-0.1, -0.05) is 57.2 Å². The Bertz CT molecular complexity index is 2840. The van der Waals surface area contributed by atoms with Crippen molar-refractivity contribution in [3.63, 3.8) is 0 Å². The Morgan fingerprint density at radius 2 is 1.09 bits per heavy atom. The van der Waals surface area contributed by atoms with Gasteiger partial charge in [0.1, 0.15) is 5.69 Å². The van der Waals surface area contributed by atoms with Crippen molar-refractivity contribution in [3.05, 3.63) is 171 Å². The summed E-state index contributed by atoms with van der Waals surface area (Å²) in [7, 11) is 0. The molecule has 2 heterocycles. The normalized spacial score (nSPS) is 11.7. The predicted molar refractivity (Wildman–Crippen MR) is 209 cm³/mol. The SMILES string of the molecule is CC(C)(C)c1c2c(nn1-c1ccc([N+](=O)[O-])cc1)-c1ccc([N+](=O)[O-])cc1C2=O.O=[N+]([O-])c1cc([N+](=O)[O-])c(Nn2c3ccccc3c3ccccc32)c([N+](=O)[O-])c1. The van der Waals surface area contributed by atoms with Gasteiger partial charge in [0.25, 0.3) is 17.1 Å². The van der Waals surface area contributed by atoms with Crippen LogP contribution in [0.4, 0.5) is 34.1 Å². The average Bonchev–Trinajstić information content (AvgIpc) is 3.83. The maximum Gasteiger partial charge on any atom is 0.308 e. The molecule has 0 bridgehead atoms. The van der Waals surface area contributed by atoms with Crippen LogP contribution in [0.1, 0.15) is 42.4 Å². The van der Waals surface area contributed by atoms with Crippen LogP contribution < -0.4 is 5.43 Å². The van der Waals surface area contributed by atoms with E-state index in [4.69, 9.17) is 0 Å². The molecule has 0 aliphatic heterocycles. The smallest absolute Gasteiger partial charge is 0.288 e. The number of hydrogen-bond donors (Lipinski definition) is 1. The second kappa shape index (κ2) is 14.0. The third-order valence-corrected chi connectivity index (χ3v) is 9.33. The van der Waals surface area contributed by atoms with Crippen LogP contribution in [-0.2, 0) is 5.41 Å². The summed E-state index contributed by atoms with van der Waals surface area (Å²) >= 11 is 0. The molecule has 0 saturated heterocycles. The van der Waals surface area contributed by atoms with E-state index < -0.39 is 52.8 Å². The van der Waals surface area contributed by atoms with Crippen molar-refractivity contribution in [2.24, 2.45) is 0 Å². The number of hydrogen-bond acceptors (Lipinski definition) is 13. The molecule has 2 aromatic heterocycles. The maximum absolute atomic E-state index is 13.2. The van der Waals surface area contributed by atoms with Crippen LogP contribution in [-0.4, -0.2) is 44.9 Å². The molecule has 8 rings (SSSR count). The van der Waals surface area contributed by atoms with E-state index in [2.05, 4.69) is 10.5 Å². The number of fused-ring (bicyclic) bond motifs is 6. The molecule has 58 heavy (non-hydrogen) atoms. The number of carbonyl (C=O) groups excluding carboxylic acids is 1. The Morgan fingerprint density at radius 1 is 0.586 bits per heavy atom. The van der Waals surface area contributed by atoms with Gasteiger partial charge in [-0.2, -0.15) is 5.10 Å². The fourth-order valence-electron chi connectivity index (χ4n) is 6.85. The van der Waals surface area contributed by atoms with Gasteiger partial charge >= 0.3 is 11.4 Å². The Kier molecular flexibility index (Phi) is 9.15. The number of aromatic nitrogens is 3. The number of nitro benzene ring substituents is 5. The quantitative estimate of drug-likeness (QED) is 0.112. The Morgan fingerprint density at radius 3 is 1.57 bits per heavy atom. The average molecular weight is 786 g/mol. The van der Waals surface area contributed by atoms with Gasteiger partial charge in [0.15, 0.2) is 5.78 Å². The van der Waals surface area contributed by atoms with E-state index in [1.54, 1.807) is 41.1 Å². The van der Waals surface area contributed by atoms with Crippen LogP contribution in [0.3, 0.4) is 0 Å². The van der Waals surface area contributed by atoms with E-state index >= 15 is 0 Å². The van der Waals surface area contributed by atoms with E-state index in [1.165, 1.54) is 35.0 Å². The molecular formula is C38H27N9O11. The van der Waals surface area contributed by atoms with Crippen molar-refractivity contribution in [3.8, 4) is 16.9 Å². The Labute approximate surface area is 324 Å². The molecule has 20 nitrogen and oxygen atoms in total. The van der Waals surface area contributed by atoms with Crippen LogP contribution in [0.2, 0.25) is 0 Å². The van der Waals surface area contributed by atoms with Crippen LogP contribution in [0, 0.1) is 50.6 Å². The predicted octanol–water partition coefficient (Wildman–Crippen LogP) is 8.59. The number of benzene rings is 5. The summed E-state index contributed by atoms with van der Waals surface area (Å²) in [6, 6.07) is 25.9. The summed E-state index contributed by atoms with van der Waals surface area (Å²) in [6.45, 7) is 5.81. The lowest BCUT2D eigenvalue weighted by Crippen LogP contribution is -2.21. The Balaban J connectivity index is 0.000000177. The highest BCUT2D eigenvalue weighted by Gasteiger charge is 2.39. The summed E-state index contributed by atoms with van der Waals surface area (Å²) in [5.41, 5.74) is 3.52. The van der Waals surface area contributed by atoms with Crippen molar-refractivity contribution in [2.75, 3.05) is 5.43 Å². The van der Waals surface area contributed by atoms with E-state index in [0.717, 1.165) is 10.8 Å². The molecule has 0 amide bonds. The van der Waals surface area contributed by atoms with Gasteiger partial charge in [-0.05, 0) is 30.3 Å². The molecule has 1 N–H and O–H groups in total. The number of nitrogens with one attached hydrogen (secondary N) is 1. The molecule has 290 valence electrons. The number of nitrogens with zero attached hydrogens (tertiary/aromatic N) is 8. The van der Waals surface area contributed by atoms with Crippen molar-refractivity contribution in [2.45, 2.75) is 26.2 Å². The van der Waals surface area contributed by atoms with Gasteiger partial charge < -0.3 is 0 Å². The lowest BCUT2D eigenvalue weighted by atomic mass is 9.87. The molecule has 0 saturated carbocycles. The standard InChI is InChI=1S/C20H16N4O5.C18H11N5O6/c1-20(2,3)19-16-17(14-9-8-13(24(28)29)10-15(14)18(16)25)21-22(19)11-4-6-12(7-5-11)23(26)27;24-21(25)11-9-16(22(26)27)18(17(10-11)23(28)29)19-20-14-7-3-1-5-12(14)13-6-2-4-8-15(13)20/h4-10H,1-3H3;1-10,19H.